The van der Waals surface area contributed by atoms with Gasteiger partial charge in [0.05, 0.1) is 18.6 Å². The number of imide groups is 1. The summed E-state index contributed by atoms with van der Waals surface area (Å²) in [5.41, 5.74) is 1.08. The first-order chi connectivity index (χ1) is 16.9. The lowest BCUT2D eigenvalue weighted by atomic mass is 10.1. The van der Waals surface area contributed by atoms with Gasteiger partial charge >= 0.3 is 0 Å². The molecule has 0 aromatic heterocycles. The van der Waals surface area contributed by atoms with Gasteiger partial charge in [0.2, 0.25) is 0 Å². The maximum atomic E-state index is 13.8. The Kier molecular flexibility index (Phi) is 7.94. The average Bonchev–Trinajstić information content (AvgIpc) is 3.12. The van der Waals surface area contributed by atoms with Crippen LogP contribution >= 0.6 is 23.4 Å². The molecule has 0 spiro atoms. The predicted octanol–water partition coefficient (Wildman–Crippen LogP) is 6.18. The molecule has 1 heterocycles. The van der Waals surface area contributed by atoms with Crippen LogP contribution in [0.4, 0.5) is 9.18 Å². The number of carbonyl (C=O) groups excluding carboxylic acids is 2. The molecule has 4 rings (SSSR count). The van der Waals surface area contributed by atoms with Gasteiger partial charge in [-0.25, -0.2) is 4.39 Å². The molecule has 0 saturated carbocycles. The van der Waals surface area contributed by atoms with Crippen LogP contribution in [-0.2, 0) is 11.4 Å². The Hall–Kier alpha value is -3.49. The topological polar surface area (TPSA) is 65.1 Å². The standard InChI is InChI=1S/C26H21ClFNO5S/c1-32-23-14-17(6-11-22(23)34-16-18-4-2-3-5-21(18)28)15-24-25(30)29(26(31)35-24)12-13-33-20-9-7-19(27)8-10-20/h2-11,14-15H,12-13,16H2,1H3/b24-15-. The number of benzene rings is 3. The van der Waals surface area contributed by atoms with Gasteiger partial charge in [-0.05, 0) is 65.9 Å². The monoisotopic (exact) mass is 513 g/mol. The first-order valence-corrected chi connectivity index (χ1v) is 11.8. The number of rotatable bonds is 9. The number of carbonyl (C=O) groups is 2. The van der Waals surface area contributed by atoms with Crippen molar-refractivity contribution in [3.05, 3.63) is 93.6 Å². The summed E-state index contributed by atoms with van der Waals surface area (Å²) < 4.78 is 30.6. The fourth-order valence-electron chi connectivity index (χ4n) is 3.29. The largest absolute Gasteiger partial charge is 0.493 e. The summed E-state index contributed by atoms with van der Waals surface area (Å²) in [6, 6.07) is 18.3. The third-order valence-corrected chi connectivity index (χ3v) is 6.26. The van der Waals surface area contributed by atoms with Gasteiger partial charge in [0, 0.05) is 10.6 Å². The second kappa shape index (κ2) is 11.3. The summed E-state index contributed by atoms with van der Waals surface area (Å²) in [5, 5.41) is 0.229. The SMILES string of the molecule is COc1cc(/C=C2\SC(=O)N(CCOc3ccc(Cl)cc3)C2=O)ccc1OCc1ccccc1F. The van der Waals surface area contributed by atoms with Crippen LogP contribution in [-0.4, -0.2) is 36.3 Å². The van der Waals surface area contributed by atoms with Crippen molar-refractivity contribution in [2.24, 2.45) is 0 Å². The van der Waals surface area contributed by atoms with E-state index >= 15 is 0 Å². The molecule has 0 atom stereocenters. The molecule has 0 radical (unpaired) electrons. The highest BCUT2D eigenvalue weighted by atomic mass is 35.5. The van der Waals surface area contributed by atoms with Gasteiger partial charge in [-0.3, -0.25) is 14.5 Å². The van der Waals surface area contributed by atoms with Gasteiger partial charge in [-0.2, -0.15) is 0 Å². The fraction of sp³-hybridized carbons (Fsp3) is 0.154. The lowest BCUT2D eigenvalue weighted by molar-refractivity contribution is -0.123. The second-order valence-corrected chi connectivity index (χ2v) is 8.86. The Morgan fingerprint density at radius 3 is 2.51 bits per heavy atom. The van der Waals surface area contributed by atoms with E-state index in [0.717, 1.165) is 16.7 Å². The minimum atomic E-state index is -0.390. The van der Waals surface area contributed by atoms with Gasteiger partial charge in [0.1, 0.15) is 24.8 Å². The number of methoxy groups -OCH3 is 1. The molecule has 180 valence electrons. The van der Waals surface area contributed by atoms with E-state index < -0.39 is 5.91 Å². The van der Waals surface area contributed by atoms with E-state index in [4.69, 9.17) is 25.8 Å². The molecule has 1 aliphatic rings. The number of amides is 2. The first-order valence-electron chi connectivity index (χ1n) is 10.6. The van der Waals surface area contributed by atoms with Crippen molar-refractivity contribution in [3.63, 3.8) is 0 Å². The quantitative estimate of drug-likeness (QED) is 0.318. The Balaban J connectivity index is 1.40. The summed E-state index contributed by atoms with van der Waals surface area (Å²) in [5.74, 6) is 0.711. The zero-order valence-electron chi connectivity index (χ0n) is 18.7. The fourth-order valence-corrected chi connectivity index (χ4v) is 4.28. The maximum Gasteiger partial charge on any atom is 0.293 e. The molecule has 6 nitrogen and oxygen atoms in total. The highest BCUT2D eigenvalue weighted by molar-refractivity contribution is 8.18. The van der Waals surface area contributed by atoms with E-state index in [-0.39, 0.29) is 30.8 Å². The van der Waals surface area contributed by atoms with Crippen LogP contribution in [0.5, 0.6) is 17.2 Å². The number of thioether (sulfide) groups is 1. The van der Waals surface area contributed by atoms with Crippen LogP contribution in [0, 0.1) is 5.82 Å². The molecule has 0 aliphatic carbocycles. The molecule has 1 fully saturated rings. The van der Waals surface area contributed by atoms with E-state index in [1.54, 1.807) is 66.7 Å². The Morgan fingerprint density at radius 2 is 1.77 bits per heavy atom. The van der Waals surface area contributed by atoms with E-state index in [9.17, 15) is 14.0 Å². The number of halogens is 2. The van der Waals surface area contributed by atoms with Crippen molar-refractivity contribution in [1.29, 1.82) is 0 Å². The maximum absolute atomic E-state index is 13.8. The number of ether oxygens (including phenoxy) is 3. The third-order valence-electron chi connectivity index (χ3n) is 5.10. The lowest BCUT2D eigenvalue weighted by Crippen LogP contribution is -2.32. The zero-order valence-corrected chi connectivity index (χ0v) is 20.3. The molecule has 3 aromatic carbocycles. The highest BCUT2D eigenvalue weighted by Gasteiger charge is 2.34. The highest BCUT2D eigenvalue weighted by Crippen LogP contribution is 2.34. The molecule has 2 amide bonds. The van der Waals surface area contributed by atoms with Crippen molar-refractivity contribution in [2.45, 2.75) is 6.61 Å². The van der Waals surface area contributed by atoms with Crippen LogP contribution in [0.2, 0.25) is 5.02 Å². The number of hydrogen-bond acceptors (Lipinski definition) is 6. The Bertz CT molecular complexity index is 1260. The molecular weight excluding hydrogens is 493 g/mol. The summed E-state index contributed by atoms with van der Waals surface area (Å²) in [4.78, 5) is 26.6. The number of nitrogens with zero attached hydrogens (tertiary/aromatic N) is 1. The lowest BCUT2D eigenvalue weighted by Gasteiger charge is -2.13. The molecule has 9 heteroatoms. The molecule has 0 N–H and O–H groups in total. The average molecular weight is 514 g/mol. The van der Waals surface area contributed by atoms with Crippen LogP contribution in [0.3, 0.4) is 0 Å². The van der Waals surface area contributed by atoms with E-state index in [1.807, 2.05) is 0 Å². The second-order valence-electron chi connectivity index (χ2n) is 7.43. The summed E-state index contributed by atoms with van der Waals surface area (Å²) in [6.07, 6.45) is 1.62. The minimum Gasteiger partial charge on any atom is -0.493 e. The summed E-state index contributed by atoms with van der Waals surface area (Å²) in [6.45, 7) is 0.324. The van der Waals surface area contributed by atoms with Crippen molar-refractivity contribution in [3.8, 4) is 17.2 Å². The van der Waals surface area contributed by atoms with Crippen LogP contribution in [0.15, 0.2) is 71.6 Å². The van der Waals surface area contributed by atoms with Gasteiger partial charge in [-0.15, -0.1) is 0 Å². The van der Waals surface area contributed by atoms with Crippen LogP contribution < -0.4 is 14.2 Å². The van der Waals surface area contributed by atoms with Crippen molar-refractivity contribution in [1.82, 2.24) is 4.90 Å². The molecule has 0 unspecified atom stereocenters. The van der Waals surface area contributed by atoms with Crippen molar-refractivity contribution < 1.29 is 28.2 Å². The van der Waals surface area contributed by atoms with Gasteiger partial charge in [0.25, 0.3) is 11.1 Å². The molecule has 0 bridgehead atoms. The van der Waals surface area contributed by atoms with E-state index in [1.165, 1.54) is 13.2 Å². The van der Waals surface area contributed by atoms with Crippen LogP contribution in [0.25, 0.3) is 6.08 Å². The van der Waals surface area contributed by atoms with Gasteiger partial charge in [0.15, 0.2) is 11.5 Å². The molecular formula is C26H21ClFNO5S. The molecule has 1 saturated heterocycles. The predicted molar refractivity (Wildman–Crippen MR) is 133 cm³/mol. The molecule has 3 aromatic rings. The number of hydrogen-bond donors (Lipinski definition) is 0. The molecule has 1 aliphatic heterocycles. The zero-order chi connectivity index (χ0) is 24.8. The first kappa shape index (κ1) is 24.6. The van der Waals surface area contributed by atoms with E-state index in [0.29, 0.717) is 38.3 Å². The summed E-state index contributed by atoms with van der Waals surface area (Å²) >= 11 is 6.72. The normalized spacial score (nSPS) is 14.5. The van der Waals surface area contributed by atoms with Gasteiger partial charge in [-0.1, -0.05) is 35.9 Å². The molecule has 35 heavy (non-hydrogen) atoms. The van der Waals surface area contributed by atoms with E-state index in [2.05, 4.69) is 0 Å². The summed E-state index contributed by atoms with van der Waals surface area (Å²) in [7, 11) is 1.49. The minimum absolute atomic E-state index is 0.0410. The Labute approximate surface area is 211 Å². The van der Waals surface area contributed by atoms with Crippen molar-refractivity contribution in [2.75, 3.05) is 20.3 Å². The third kappa shape index (κ3) is 6.15. The smallest absolute Gasteiger partial charge is 0.293 e. The van der Waals surface area contributed by atoms with Crippen LogP contribution in [0.1, 0.15) is 11.1 Å². The Morgan fingerprint density at radius 1 is 1.00 bits per heavy atom. The van der Waals surface area contributed by atoms with Crippen molar-refractivity contribution >= 4 is 40.6 Å². The van der Waals surface area contributed by atoms with Gasteiger partial charge < -0.3 is 14.2 Å².